The van der Waals surface area contributed by atoms with Gasteiger partial charge in [0, 0.05) is 37.1 Å². The van der Waals surface area contributed by atoms with E-state index in [1.807, 2.05) is 11.8 Å². The van der Waals surface area contributed by atoms with E-state index in [0.29, 0.717) is 30.2 Å². The number of amides is 1. The summed E-state index contributed by atoms with van der Waals surface area (Å²) in [5.74, 6) is 1.39. The molecule has 1 fully saturated rings. The molecule has 2 aromatic rings. The number of anilines is 1. The van der Waals surface area contributed by atoms with Crippen LogP contribution in [0.5, 0.6) is 11.5 Å². The molecule has 2 aliphatic rings. The van der Waals surface area contributed by atoms with Crippen LogP contribution in [0.3, 0.4) is 0 Å². The molecule has 0 N–H and O–H groups in total. The fourth-order valence-electron chi connectivity index (χ4n) is 2.80. The van der Waals surface area contributed by atoms with E-state index in [2.05, 4.69) is 15.3 Å². The van der Waals surface area contributed by atoms with Gasteiger partial charge in [-0.25, -0.2) is 4.98 Å². The van der Waals surface area contributed by atoms with Crippen molar-refractivity contribution in [3.05, 3.63) is 34.8 Å². The molecule has 120 valence electrons. The second kappa shape index (κ2) is 5.73. The molecule has 0 aliphatic carbocycles. The molecular weight excluding hydrogens is 314 g/mol. The highest BCUT2D eigenvalue weighted by molar-refractivity contribution is 7.13. The summed E-state index contributed by atoms with van der Waals surface area (Å²) >= 11 is 1.66. The Bertz CT molecular complexity index is 738. The van der Waals surface area contributed by atoms with E-state index < -0.39 is 0 Å². The third-order valence-corrected chi connectivity index (χ3v) is 5.08. The first kappa shape index (κ1) is 14.3. The highest BCUT2D eigenvalue weighted by atomic mass is 32.1. The normalized spacial score (nSPS) is 16.7. The summed E-state index contributed by atoms with van der Waals surface area (Å²) in [6, 6.07) is 5.36. The molecule has 0 atom stereocenters. The molecule has 1 aromatic carbocycles. The van der Waals surface area contributed by atoms with Crippen LogP contribution in [0, 0.1) is 6.92 Å². The number of fused-ring (bicyclic) bond motifs is 1. The Kier molecular flexibility index (Phi) is 3.57. The van der Waals surface area contributed by atoms with E-state index in [9.17, 15) is 4.79 Å². The fourth-order valence-corrected chi connectivity index (χ4v) is 3.66. The van der Waals surface area contributed by atoms with Crippen molar-refractivity contribution in [1.82, 2.24) is 9.88 Å². The lowest BCUT2D eigenvalue weighted by Crippen LogP contribution is -2.48. The molecular formula is C16H17N3O3S. The Morgan fingerprint density at radius 3 is 2.70 bits per heavy atom. The lowest BCUT2D eigenvalue weighted by molar-refractivity contribution is 0.0746. The first-order chi connectivity index (χ1) is 11.2. The number of nitrogens with zero attached hydrogens (tertiary/aromatic N) is 3. The predicted octanol–water partition coefficient (Wildman–Crippen LogP) is 2.14. The van der Waals surface area contributed by atoms with Crippen molar-refractivity contribution in [3.63, 3.8) is 0 Å². The summed E-state index contributed by atoms with van der Waals surface area (Å²) < 4.78 is 10.6. The molecule has 4 rings (SSSR count). The molecule has 6 nitrogen and oxygen atoms in total. The number of rotatable bonds is 2. The van der Waals surface area contributed by atoms with Gasteiger partial charge in [-0.2, -0.15) is 0 Å². The zero-order valence-electron chi connectivity index (χ0n) is 12.8. The Balaban J connectivity index is 1.43. The van der Waals surface area contributed by atoms with Crippen LogP contribution in [0.2, 0.25) is 0 Å². The lowest BCUT2D eigenvalue weighted by atomic mass is 10.1. The van der Waals surface area contributed by atoms with Gasteiger partial charge < -0.3 is 19.3 Å². The molecule has 0 saturated carbocycles. The van der Waals surface area contributed by atoms with Crippen LogP contribution in [0.1, 0.15) is 16.1 Å². The summed E-state index contributed by atoms with van der Waals surface area (Å²) in [5.41, 5.74) is 1.69. The maximum atomic E-state index is 12.6. The van der Waals surface area contributed by atoms with Crippen molar-refractivity contribution in [2.45, 2.75) is 6.92 Å². The molecule has 2 aliphatic heterocycles. The number of aromatic nitrogens is 1. The second-order valence-electron chi connectivity index (χ2n) is 5.62. The summed E-state index contributed by atoms with van der Waals surface area (Å²) in [5, 5.41) is 3.09. The van der Waals surface area contributed by atoms with Gasteiger partial charge in [0.2, 0.25) is 6.79 Å². The van der Waals surface area contributed by atoms with Crippen LogP contribution in [-0.4, -0.2) is 48.8 Å². The third kappa shape index (κ3) is 2.72. The number of hydrogen-bond donors (Lipinski definition) is 0. The van der Waals surface area contributed by atoms with Gasteiger partial charge in [-0.15, -0.1) is 11.3 Å². The van der Waals surface area contributed by atoms with Crippen molar-refractivity contribution < 1.29 is 14.3 Å². The van der Waals surface area contributed by atoms with Gasteiger partial charge in [-0.1, -0.05) is 0 Å². The minimum Gasteiger partial charge on any atom is -0.454 e. The molecule has 3 heterocycles. The maximum Gasteiger partial charge on any atom is 0.254 e. The predicted molar refractivity (Wildman–Crippen MR) is 87.5 cm³/mol. The number of carbonyl (C=O) groups excluding carboxylic acids is 1. The van der Waals surface area contributed by atoms with Crippen molar-refractivity contribution in [2.75, 3.05) is 37.9 Å². The molecule has 0 spiro atoms. The number of hydrogen-bond acceptors (Lipinski definition) is 6. The monoisotopic (exact) mass is 331 g/mol. The van der Waals surface area contributed by atoms with Crippen molar-refractivity contribution in [2.24, 2.45) is 0 Å². The van der Waals surface area contributed by atoms with Gasteiger partial charge in [0.05, 0.1) is 5.69 Å². The van der Waals surface area contributed by atoms with E-state index in [-0.39, 0.29) is 12.7 Å². The van der Waals surface area contributed by atoms with E-state index in [0.717, 1.165) is 23.9 Å². The van der Waals surface area contributed by atoms with Gasteiger partial charge in [0.25, 0.3) is 5.91 Å². The minimum absolute atomic E-state index is 0.0401. The van der Waals surface area contributed by atoms with E-state index in [4.69, 9.17) is 9.47 Å². The van der Waals surface area contributed by atoms with Gasteiger partial charge in [0.15, 0.2) is 16.6 Å². The number of ether oxygens (including phenoxy) is 2. The standard InChI is InChI=1S/C16H17N3O3S/c1-11-9-23-16(17-11)19-6-4-18(5-7-19)15(20)12-2-3-13-14(8-12)22-10-21-13/h2-3,8-9H,4-7,10H2,1H3. The number of carbonyl (C=O) groups is 1. The largest absolute Gasteiger partial charge is 0.454 e. The zero-order chi connectivity index (χ0) is 15.8. The third-order valence-electron chi connectivity index (χ3n) is 4.06. The summed E-state index contributed by atoms with van der Waals surface area (Å²) in [7, 11) is 0. The van der Waals surface area contributed by atoms with Crippen LogP contribution >= 0.6 is 11.3 Å². The average Bonchev–Trinajstić information content (AvgIpc) is 3.22. The molecule has 1 amide bonds. The zero-order valence-corrected chi connectivity index (χ0v) is 13.6. The van der Waals surface area contributed by atoms with Crippen molar-refractivity contribution >= 4 is 22.4 Å². The molecule has 7 heteroatoms. The molecule has 23 heavy (non-hydrogen) atoms. The van der Waals surface area contributed by atoms with Gasteiger partial charge in [-0.3, -0.25) is 4.79 Å². The average molecular weight is 331 g/mol. The smallest absolute Gasteiger partial charge is 0.254 e. The fraction of sp³-hybridized carbons (Fsp3) is 0.375. The SMILES string of the molecule is Cc1csc(N2CCN(C(=O)c3ccc4c(c3)OCO4)CC2)n1. The number of piperazine rings is 1. The van der Waals surface area contributed by atoms with Crippen LogP contribution in [0.15, 0.2) is 23.6 Å². The summed E-state index contributed by atoms with van der Waals surface area (Å²) in [6.07, 6.45) is 0. The second-order valence-corrected chi connectivity index (χ2v) is 6.46. The highest BCUT2D eigenvalue weighted by Crippen LogP contribution is 2.33. The topological polar surface area (TPSA) is 54.9 Å². The molecule has 1 saturated heterocycles. The van der Waals surface area contributed by atoms with Crippen LogP contribution in [-0.2, 0) is 0 Å². The van der Waals surface area contributed by atoms with Crippen LogP contribution in [0.25, 0.3) is 0 Å². The molecule has 0 unspecified atom stereocenters. The Labute approximate surface area is 138 Å². The Morgan fingerprint density at radius 1 is 1.17 bits per heavy atom. The summed E-state index contributed by atoms with van der Waals surface area (Å²) in [6.45, 7) is 5.24. The van der Waals surface area contributed by atoms with E-state index in [1.54, 1.807) is 29.5 Å². The molecule has 1 aromatic heterocycles. The van der Waals surface area contributed by atoms with Crippen LogP contribution < -0.4 is 14.4 Å². The first-order valence-corrected chi connectivity index (χ1v) is 8.45. The van der Waals surface area contributed by atoms with Gasteiger partial charge in [0.1, 0.15) is 0 Å². The maximum absolute atomic E-state index is 12.6. The first-order valence-electron chi connectivity index (χ1n) is 7.57. The van der Waals surface area contributed by atoms with Gasteiger partial charge in [-0.05, 0) is 25.1 Å². The lowest BCUT2D eigenvalue weighted by Gasteiger charge is -2.34. The number of thiazole rings is 1. The molecule has 0 radical (unpaired) electrons. The van der Waals surface area contributed by atoms with Gasteiger partial charge >= 0.3 is 0 Å². The number of benzene rings is 1. The van der Waals surface area contributed by atoms with E-state index >= 15 is 0 Å². The quantitative estimate of drug-likeness (QED) is 0.844. The van der Waals surface area contributed by atoms with Crippen molar-refractivity contribution in [1.29, 1.82) is 0 Å². The Hall–Kier alpha value is -2.28. The Morgan fingerprint density at radius 2 is 1.96 bits per heavy atom. The highest BCUT2D eigenvalue weighted by Gasteiger charge is 2.25. The molecule has 0 bridgehead atoms. The number of aryl methyl sites for hydroxylation is 1. The van der Waals surface area contributed by atoms with Crippen LogP contribution in [0.4, 0.5) is 5.13 Å². The minimum atomic E-state index is 0.0401. The summed E-state index contributed by atoms with van der Waals surface area (Å²) in [4.78, 5) is 21.3. The van der Waals surface area contributed by atoms with Crippen molar-refractivity contribution in [3.8, 4) is 11.5 Å². The van der Waals surface area contributed by atoms with E-state index in [1.165, 1.54) is 0 Å².